The number of anilines is 1. The van der Waals surface area contributed by atoms with E-state index in [1.807, 2.05) is 12.1 Å². The van der Waals surface area contributed by atoms with Crippen LogP contribution in [0.4, 0.5) is 10.5 Å². The number of halogens is 1. The van der Waals surface area contributed by atoms with Gasteiger partial charge in [0.2, 0.25) is 0 Å². The molecule has 2 aromatic carbocycles. The lowest BCUT2D eigenvalue weighted by Crippen LogP contribution is -2.38. The second-order valence-corrected chi connectivity index (χ2v) is 11.6. The Kier molecular flexibility index (Phi) is 9.95. The van der Waals surface area contributed by atoms with Gasteiger partial charge in [0, 0.05) is 49.9 Å². The summed E-state index contributed by atoms with van der Waals surface area (Å²) >= 11 is 6.46. The van der Waals surface area contributed by atoms with Gasteiger partial charge in [-0.3, -0.25) is 9.88 Å². The fraction of sp³-hybridized carbons (Fsp3) is 0.467. The van der Waals surface area contributed by atoms with Crippen LogP contribution in [0.1, 0.15) is 40.0 Å². The number of hydrogen-bond donors (Lipinski definition) is 3. The molecule has 1 aromatic heterocycles. The van der Waals surface area contributed by atoms with Gasteiger partial charge in [-0.1, -0.05) is 32.4 Å². The molecule has 1 aliphatic heterocycles. The minimum Gasteiger partial charge on any atom is -0.493 e. The van der Waals surface area contributed by atoms with E-state index < -0.39 is 0 Å². The first-order valence-electron chi connectivity index (χ1n) is 13.6. The standard InChI is InChI=1S/C30H39ClN4O5/c1-30(2,3)10-12-33-29(37)34-24-6-5-21(17-23(24)31)40-26-7-11-32-25-19-28(27(38-4)18-22(25)26)39-16-15-35-13-8-20(36)9-14-35/h5-7,11,17-20,36H,8-10,12-16H2,1-4H3,(H2,33,34,37). The molecule has 0 saturated carbocycles. The van der Waals surface area contributed by atoms with Crippen LogP contribution in [0.5, 0.6) is 23.0 Å². The van der Waals surface area contributed by atoms with E-state index in [0.717, 1.165) is 44.3 Å². The molecule has 1 saturated heterocycles. The molecule has 216 valence electrons. The molecular formula is C30H39ClN4O5. The summed E-state index contributed by atoms with van der Waals surface area (Å²) in [5.41, 5.74) is 1.33. The number of pyridine rings is 1. The number of aliphatic hydroxyl groups excluding tert-OH is 1. The van der Waals surface area contributed by atoms with Crippen LogP contribution in [0.15, 0.2) is 42.6 Å². The van der Waals surface area contributed by atoms with Crippen molar-refractivity contribution in [2.45, 2.75) is 46.1 Å². The highest BCUT2D eigenvalue weighted by Gasteiger charge is 2.18. The second kappa shape index (κ2) is 13.4. The molecule has 2 heterocycles. The van der Waals surface area contributed by atoms with Crippen molar-refractivity contribution in [1.29, 1.82) is 0 Å². The average Bonchev–Trinajstić information content (AvgIpc) is 2.90. The van der Waals surface area contributed by atoms with Gasteiger partial charge < -0.3 is 30.0 Å². The molecule has 0 atom stereocenters. The first kappa shape index (κ1) is 29.7. The van der Waals surface area contributed by atoms with Crippen molar-refractivity contribution in [2.75, 3.05) is 45.2 Å². The number of nitrogens with one attached hydrogen (secondary N) is 2. The minimum atomic E-state index is -0.306. The lowest BCUT2D eigenvalue weighted by molar-refractivity contribution is 0.0753. The fourth-order valence-corrected chi connectivity index (χ4v) is 4.64. The van der Waals surface area contributed by atoms with Gasteiger partial charge >= 0.3 is 6.03 Å². The van der Waals surface area contributed by atoms with Gasteiger partial charge in [-0.2, -0.15) is 0 Å². The highest BCUT2D eigenvalue weighted by atomic mass is 35.5. The number of likely N-dealkylation sites (tertiary alicyclic amines) is 1. The third kappa shape index (κ3) is 8.36. The summed E-state index contributed by atoms with van der Waals surface area (Å²) in [7, 11) is 1.60. The number of aromatic nitrogens is 1. The van der Waals surface area contributed by atoms with Crippen molar-refractivity contribution >= 4 is 34.2 Å². The Labute approximate surface area is 240 Å². The van der Waals surface area contributed by atoms with Crippen molar-refractivity contribution in [3.05, 3.63) is 47.6 Å². The molecular weight excluding hydrogens is 532 g/mol. The Morgan fingerprint density at radius 3 is 2.60 bits per heavy atom. The number of carbonyl (C=O) groups excluding carboxylic acids is 1. The van der Waals surface area contributed by atoms with Crippen molar-refractivity contribution in [2.24, 2.45) is 5.41 Å². The molecule has 0 aliphatic carbocycles. The normalized spacial score (nSPS) is 14.7. The molecule has 10 heteroatoms. The fourth-order valence-electron chi connectivity index (χ4n) is 4.42. The molecule has 0 unspecified atom stereocenters. The number of fused-ring (bicyclic) bond motifs is 1. The zero-order valence-electron chi connectivity index (χ0n) is 23.6. The highest BCUT2D eigenvalue weighted by molar-refractivity contribution is 6.33. The van der Waals surface area contributed by atoms with Crippen LogP contribution in [0.25, 0.3) is 10.9 Å². The van der Waals surface area contributed by atoms with Gasteiger partial charge in [0.05, 0.1) is 29.4 Å². The van der Waals surface area contributed by atoms with Gasteiger partial charge in [-0.05, 0) is 48.9 Å². The first-order valence-corrected chi connectivity index (χ1v) is 14.0. The van der Waals surface area contributed by atoms with Crippen molar-refractivity contribution < 1.29 is 24.1 Å². The van der Waals surface area contributed by atoms with Crippen LogP contribution in [-0.2, 0) is 0 Å². The van der Waals surface area contributed by atoms with E-state index in [1.54, 1.807) is 37.6 Å². The van der Waals surface area contributed by atoms with Crippen molar-refractivity contribution in [3.8, 4) is 23.0 Å². The maximum absolute atomic E-state index is 12.3. The molecule has 1 aliphatic rings. The average molecular weight is 571 g/mol. The van der Waals surface area contributed by atoms with Crippen LogP contribution in [0.2, 0.25) is 5.02 Å². The Hall–Kier alpha value is -3.27. The summed E-state index contributed by atoms with van der Waals surface area (Å²) in [4.78, 5) is 19.0. The molecule has 1 fully saturated rings. The number of nitrogens with zero attached hydrogens (tertiary/aromatic N) is 2. The predicted molar refractivity (Wildman–Crippen MR) is 158 cm³/mol. The molecule has 0 radical (unpaired) electrons. The number of carbonyl (C=O) groups is 1. The summed E-state index contributed by atoms with van der Waals surface area (Å²) in [6, 6.07) is 10.3. The van der Waals surface area contributed by atoms with Crippen LogP contribution in [-0.4, -0.2) is 67.0 Å². The molecule has 0 spiro atoms. The first-order chi connectivity index (χ1) is 19.1. The number of ether oxygens (including phenoxy) is 3. The van der Waals surface area contributed by atoms with E-state index in [1.165, 1.54) is 0 Å². The lowest BCUT2D eigenvalue weighted by atomic mass is 9.92. The Bertz CT molecular complexity index is 1310. The number of hydrogen-bond acceptors (Lipinski definition) is 7. The Morgan fingerprint density at radius 1 is 1.12 bits per heavy atom. The maximum Gasteiger partial charge on any atom is 0.319 e. The summed E-state index contributed by atoms with van der Waals surface area (Å²) < 4.78 is 17.8. The van der Waals surface area contributed by atoms with E-state index in [-0.39, 0.29) is 17.6 Å². The van der Waals surface area contributed by atoms with Crippen molar-refractivity contribution in [1.82, 2.24) is 15.2 Å². The van der Waals surface area contributed by atoms with Gasteiger partial charge in [-0.25, -0.2) is 4.79 Å². The van der Waals surface area contributed by atoms with E-state index in [4.69, 9.17) is 25.8 Å². The maximum atomic E-state index is 12.3. The predicted octanol–water partition coefficient (Wildman–Crippen LogP) is 6.08. The van der Waals surface area contributed by atoms with Crippen LogP contribution in [0.3, 0.4) is 0 Å². The molecule has 4 rings (SSSR count). The number of amides is 2. The Morgan fingerprint density at radius 2 is 1.90 bits per heavy atom. The molecule has 9 nitrogen and oxygen atoms in total. The summed E-state index contributed by atoms with van der Waals surface area (Å²) in [6.07, 6.45) is 3.93. The van der Waals surface area contributed by atoms with Crippen molar-refractivity contribution in [3.63, 3.8) is 0 Å². The third-order valence-electron chi connectivity index (χ3n) is 6.79. The Balaban J connectivity index is 1.41. The number of piperidine rings is 1. The largest absolute Gasteiger partial charge is 0.493 e. The second-order valence-electron chi connectivity index (χ2n) is 11.2. The molecule has 3 N–H and O–H groups in total. The van der Waals surface area contributed by atoms with Gasteiger partial charge in [0.1, 0.15) is 18.1 Å². The molecule has 0 bridgehead atoms. The smallest absolute Gasteiger partial charge is 0.319 e. The number of benzene rings is 2. The quantitative estimate of drug-likeness (QED) is 0.271. The van der Waals surface area contributed by atoms with Gasteiger partial charge in [-0.15, -0.1) is 0 Å². The zero-order valence-corrected chi connectivity index (χ0v) is 24.4. The monoisotopic (exact) mass is 570 g/mol. The summed E-state index contributed by atoms with van der Waals surface area (Å²) in [6.45, 7) is 9.96. The van der Waals surface area contributed by atoms with Crippen LogP contribution < -0.4 is 24.8 Å². The third-order valence-corrected chi connectivity index (χ3v) is 7.10. The number of urea groups is 1. The molecule has 40 heavy (non-hydrogen) atoms. The lowest BCUT2D eigenvalue weighted by Gasteiger charge is -2.29. The van der Waals surface area contributed by atoms with E-state index >= 15 is 0 Å². The SMILES string of the molecule is COc1cc2c(Oc3ccc(NC(=O)NCCC(C)(C)C)c(Cl)c3)ccnc2cc1OCCN1CCC(O)CC1. The molecule has 2 amide bonds. The highest BCUT2D eigenvalue weighted by Crippen LogP contribution is 2.38. The summed E-state index contributed by atoms with van der Waals surface area (Å²) in [5.74, 6) is 2.28. The van der Waals surface area contributed by atoms with Gasteiger partial charge in [0.25, 0.3) is 0 Å². The number of methoxy groups -OCH3 is 1. The van der Waals surface area contributed by atoms with Crippen LogP contribution in [0, 0.1) is 5.41 Å². The number of rotatable bonds is 10. The van der Waals surface area contributed by atoms with E-state index in [0.29, 0.717) is 52.4 Å². The van der Waals surface area contributed by atoms with E-state index in [2.05, 4.69) is 41.3 Å². The minimum absolute atomic E-state index is 0.137. The van der Waals surface area contributed by atoms with E-state index in [9.17, 15) is 9.90 Å². The molecule has 3 aromatic rings. The summed E-state index contributed by atoms with van der Waals surface area (Å²) in [5, 5.41) is 16.5. The topological polar surface area (TPSA) is 105 Å². The van der Waals surface area contributed by atoms with Gasteiger partial charge in [0.15, 0.2) is 11.5 Å². The van der Waals surface area contributed by atoms with Crippen LogP contribution >= 0.6 is 11.6 Å². The number of aliphatic hydroxyl groups is 1. The zero-order chi connectivity index (χ0) is 28.7.